The number of benzene rings is 3. The average molecular weight is 645 g/mol. The van der Waals surface area contributed by atoms with Gasteiger partial charge in [-0.2, -0.15) is 9.61 Å². The number of anilines is 1. The molecular formula is C28H22BrCl3N6O. The lowest BCUT2D eigenvalue weighted by molar-refractivity contribution is 0.240. The number of urea groups is 1. The SMILES string of the molecule is O=C(NCc1ccc(CNc2cc(-c3ccccc3Cl)nc3c(Br)cnn23)cc1)NCc1ccc(Cl)cc1Cl. The van der Waals surface area contributed by atoms with E-state index in [1.165, 1.54) is 0 Å². The van der Waals surface area contributed by atoms with Crippen LogP contribution >= 0.6 is 50.7 Å². The van der Waals surface area contributed by atoms with Crippen LogP contribution in [0.5, 0.6) is 0 Å². The molecule has 198 valence electrons. The Morgan fingerprint density at radius 1 is 0.846 bits per heavy atom. The lowest BCUT2D eigenvalue weighted by atomic mass is 10.1. The van der Waals surface area contributed by atoms with Gasteiger partial charge in [-0.05, 0) is 50.8 Å². The lowest BCUT2D eigenvalue weighted by Gasteiger charge is -2.12. The second-order valence-corrected chi connectivity index (χ2v) is 10.8. The number of aromatic nitrogens is 3. The summed E-state index contributed by atoms with van der Waals surface area (Å²) in [6.07, 6.45) is 1.71. The Labute approximate surface area is 248 Å². The molecule has 0 spiro atoms. The summed E-state index contributed by atoms with van der Waals surface area (Å²) in [5, 5.41) is 15.2. The number of nitrogens with one attached hydrogen (secondary N) is 3. The molecule has 11 heteroatoms. The van der Waals surface area contributed by atoms with E-state index in [4.69, 9.17) is 39.8 Å². The third-order valence-corrected chi connectivity index (χ3v) is 7.46. The van der Waals surface area contributed by atoms with Crippen LogP contribution in [0.3, 0.4) is 0 Å². The highest BCUT2D eigenvalue weighted by molar-refractivity contribution is 9.10. The van der Waals surface area contributed by atoms with Crippen molar-refractivity contribution >= 4 is 68.2 Å². The van der Waals surface area contributed by atoms with Gasteiger partial charge in [-0.15, -0.1) is 0 Å². The molecule has 3 aromatic carbocycles. The number of halogens is 4. The second-order valence-electron chi connectivity index (χ2n) is 8.68. The summed E-state index contributed by atoms with van der Waals surface area (Å²) < 4.78 is 2.54. The minimum atomic E-state index is -0.284. The molecule has 0 aliphatic heterocycles. The molecule has 0 saturated heterocycles. The zero-order valence-electron chi connectivity index (χ0n) is 20.4. The van der Waals surface area contributed by atoms with Crippen LogP contribution in [0.1, 0.15) is 16.7 Å². The molecule has 5 aromatic rings. The van der Waals surface area contributed by atoms with Crippen LogP contribution in [-0.4, -0.2) is 20.6 Å². The first kappa shape index (κ1) is 27.3. The van der Waals surface area contributed by atoms with Gasteiger partial charge >= 0.3 is 6.03 Å². The van der Waals surface area contributed by atoms with Crippen LogP contribution in [0.25, 0.3) is 16.9 Å². The van der Waals surface area contributed by atoms with Gasteiger partial charge in [0.2, 0.25) is 0 Å². The molecule has 5 rings (SSSR count). The average Bonchev–Trinajstić information content (AvgIpc) is 3.31. The molecule has 0 aliphatic rings. The van der Waals surface area contributed by atoms with E-state index in [1.54, 1.807) is 28.9 Å². The Hall–Kier alpha value is -3.30. The molecule has 2 heterocycles. The molecule has 0 saturated carbocycles. The Bertz CT molecular complexity index is 1640. The number of hydrogen-bond acceptors (Lipinski definition) is 4. The van der Waals surface area contributed by atoms with Gasteiger partial charge in [0, 0.05) is 46.3 Å². The maximum Gasteiger partial charge on any atom is 0.315 e. The molecule has 0 aliphatic carbocycles. The molecule has 2 amide bonds. The predicted molar refractivity (Wildman–Crippen MR) is 160 cm³/mol. The van der Waals surface area contributed by atoms with Crippen LogP contribution in [0.2, 0.25) is 15.1 Å². The summed E-state index contributed by atoms with van der Waals surface area (Å²) in [4.78, 5) is 17.0. The van der Waals surface area contributed by atoms with Gasteiger partial charge in [-0.3, -0.25) is 0 Å². The molecule has 0 atom stereocenters. The highest BCUT2D eigenvalue weighted by Gasteiger charge is 2.13. The summed E-state index contributed by atoms with van der Waals surface area (Å²) in [5.41, 5.74) is 5.11. The Morgan fingerprint density at radius 2 is 1.56 bits per heavy atom. The van der Waals surface area contributed by atoms with E-state index in [1.807, 2.05) is 54.6 Å². The number of carbonyl (C=O) groups excluding carboxylic acids is 1. The summed E-state index contributed by atoms with van der Waals surface area (Å²) in [6, 6.07) is 22.4. The van der Waals surface area contributed by atoms with Crippen LogP contribution in [0.4, 0.5) is 10.6 Å². The number of hydrogen-bond donors (Lipinski definition) is 3. The van der Waals surface area contributed by atoms with Crippen LogP contribution in [0, 0.1) is 0 Å². The number of rotatable bonds is 8. The minimum absolute atomic E-state index is 0.284. The third kappa shape index (κ3) is 6.65. The van der Waals surface area contributed by atoms with Gasteiger partial charge in [0.05, 0.1) is 16.4 Å². The van der Waals surface area contributed by atoms with Crippen molar-refractivity contribution in [3.05, 3.63) is 115 Å². The molecule has 0 radical (unpaired) electrons. The topological polar surface area (TPSA) is 83.3 Å². The zero-order chi connectivity index (χ0) is 27.4. The fourth-order valence-corrected chi connectivity index (χ4v) is 4.98. The first-order valence-electron chi connectivity index (χ1n) is 11.9. The van der Waals surface area contributed by atoms with Crippen molar-refractivity contribution < 1.29 is 4.79 Å². The maximum atomic E-state index is 12.2. The van der Waals surface area contributed by atoms with Gasteiger partial charge in [0.25, 0.3) is 0 Å². The predicted octanol–water partition coefficient (Wildman–Crippen LogP) is 7.73. The van der Waals surface area contributed by atoms with Crippen molar-refractivity contribution in [2.45, 2.75) is 19.6 Å². The number of fused-ring (bicyclic) bond motifs is 1. The van der Waals surface area contributed by atoms with Crippen molar-refractivity contribution in [3.8, 4) is 11.3 Å². The van der Waals surface area contributed by atoms with E-state index in [9.17, 15) is 4.79 Å². The van der Waals surface area contributed by atoms with Crippen molar-refractivity contribution in [2.75, 3.05) is 5.32 Å². The standard InChI is InChI=1S/C28H22BrCl3N6O/c29-22-16-36-38-26(12-25(37-27(22)38)21-3-1-2-4-23(21)31)33-13-17-5-7-18(8-6-17)14-34-28(39)35-15-19-9-10-20(30)11-24(19)32/h1-12,16,33H,13-15H2,(H2,34,35,39). The number of carbonyl (C=O) groups is 1. The largest absolute Gasteiger partial charge is 0.366 e. The summed E-state index contributed by atoms with van der Waals surface area (Å²) >= 11 is 22.0. The number of nitrogens with zero attached hydrogens (tertiary/aromatic N) is 3. The van der Waals surface area contributed by atoms with Crippen LogP contribution < -0.4 is 16.0 Å². The highest BCUT2D eigenvalue weighted by atomic mass is 79.9. The molecule has 2 aromatic heterocycles. The fourth-order valence-electron chi connectivity index (χ4n) is 3.92. The van der Waals surface area contributed by atoms with Crippen molar-refractivity contribution in [1.29, 1.82) is 0 Å². The van der Waals surface area contributed by atoms with Crippen molar-refractivity contribution in [1.82, 2.24) is 25.2 Å². The van der Waals surface area contributed by atoms with Crippen LogP contribution in [0.15, 0.2) is 83.5 Å². The van der Waals surface area contributed by atoms with Gasteiger partial charge in [-0.25, -0.2) is 9.78 Å². The lowest BCUT2D eigenvalue weighted by Crippen LogP contribution is -2.34. The fraction of sp³-hybridized carbons (Fsp3) is 0.107. The van der Waals surface area contributed by atoms with Crippen LogP contribution in [-0.2, 0) is 19.6 Å². The number of amides is 2. The summed E-state index contributed by atoms with van der Waals surface area (Å²) in [5.74, 6) is 0.781. The Kier molecular flexibility index (Phi) is 8.57. The molecule has 0 fully saturated rings. The van der Waals surface area contributed by atoms with Crippen molar-refractivity contribution in [2.24, 2.45) is 0 Å². The third-order valence-electron chi connectivity index (χ3n) is 5.98. The van der Waals surface area contributed by atoms with E-state index < -0.39 is 0 Å². The van der Waals surface area contributed by atoms with Gasteiger partial charge < -0.3 is 16.0 Å². The molecule has 3 N–H and O–H groups in total. The van der Waals surface area contributed by atoms with E-state index in [0.29, 0.717) is 40.3 Å². The van der Waals surface area contributed by atoms with E-state index in [0.717, 1.165) is 38.2 Å². The molecular weight excluding hydrogens is 623 g/mol. The van der Waals surface area contributed by atoms with Gasteiger partial charge in [0.15, 0.2) is 5.65 Å². The molecule has 39 heavy (non-hydrogen) atoms. The smallest absolute Gasteiger partial charge is 0.315 e. The normalized spacial score (nSPS) is 11.0. The Balaban J connectivity index is 1.20. The first-order chi connectivity index (χ1) is 18.9. The highest BCUT2D eigenvalue weighted by Crippen LogP contribution is 2.30. The zero-order valence-corrected chi connectivity index (χ0v) is 24.2. The first-order valence-corrected chi connectivity index (χ1v) is 13.9. The summed E-state index contributed by atoms with van der Waals surface area (Å²) in [6.45, 7) is 1.26. The monoisotopic (exact) mass is 642 g/mol. The summed E-state index contributed by atoms with van der Waals surface area (Å²) in [7, 11) is 0. The molecule has 0 bridgehead atoms. The maximum absolute atomic E-state index is 12.2. The van der Waals surface area contributed by atoms with Gasteiger partial charge in [-0.1, -0.05) is 83.3 Å². The molecule has 0 unspecified atom stereocenters. The van der Waals surface area contributed by atoms with Gasteiger partial charge in [0.1, 0.15) is 5.82 Å². The van der Waals surface area contributed by atoms with E-state index in [2.05, 4.69) is 37.0 Å². The Morgan fingerprint density at radius 3 is 2.31 bits per heavy atom. The van der Waals surface area contributed by atoms with E-state index >= 15 is 0 Å². The quantitative estimate of drug-likeness (QED) is 0.162. The molecule has 7 nitrogen and oxygen atoms in total. The van der Waals surface area contributed by atoms with E-state index in [-0.39, 0.29) is 6.03 Å². The second kappa shape index (κ2) is 12.3. The minimum Gasteiger partial charge on any atom is -0.366 e. The van der Waals surface area contributed by atoms with Crippen molar-refractivity contribution in [3.63, 3.8) is 0 Å².